The van der Waals surface area contributed by atoms with Gasteiger partial charge in [-0.3, -0.25) is 0 Å². The summed E-state index contributed by atoms with van der Waals surface area (Å²) >= 11 is 0. The molecule has 0 aromatic carbocycles. The quantitative estimate of drug-likeness (QED) is 0.519. The van der Waals surface area contributed by atoms with Gasteiger partial charge in [-0.05, 0) is 39.5 Å². The van der Waals surface area contributed by atoms with E-state index < -0.39 is 0 Å². The van der Waals surface area contributed by atoms with E-state index in [-0.39, 0.29) is 0 Å². The molecule has 0 radical (unpaired) electrons. The smallest absolute Gasteiger partial charge is 0.0142 e. The van der Waals surface area contributed by atoms with E-state index in [1.165, 1.54) is 30.4 Å². The monoisotopic (exact) mass is 178 g/mol. The van der Waals surface area contributed by atoms with Crippen LogP contribution >= 0.6 is 0 Å². The van der Waals surface area contributed by atoms with Crippen molar-refractivity contribution in [2.24, 2.45) is 0 Å². The van der Waals surface area contributed by atoms with Crippen molar-refractivity contribution in [2.45, 2.75) is 46.5 Å². The van der Waals surface area contributed by atoms with Crippen LogP contribution in [0.25, 0.3) is 0 Å². The molecule has 0 rings (SSSR count). The number of allylic oxidation sites excluding steroid dienone is 5. The molecule has 0 aliphatic rings. The molecule has 0 aliphatic heterocycles. The third-order valence-electron chi connectivity index (χ3n) is 2.33. The standard InChI is InChI=1S/C13H22/c1-5-9-13(7-3)11-8-10-12(4)6-2/h5,7,10H,1,6,8-9,11H2,2-4H3/b12-10+,13-7+. The molecule has 0 amide bonds. The molecule has 0 heteroatoms. The Bertz CT molecular complexity index is 194. The third kappa shape index (κ3) is 6.39. The second-order valence-corrected chi connectivity index (χ2v) is 3.38. The van der Waals surface area contributed by atoms with Crippen molar-refractivity contribution in [2.75, 3.05) is 0 Å². The molecule has 0 fully saturated rings. The lowest BCUT2D eigenvalue weighted by Crippen LogP contribution is -1.81. The molecule has 0 nitrogen and oxygen atoms in total. The summed E-state index contributed by atoms with van der Waals surface area (Å²) in [5, 5.41) is 0. The van der Waals surface area contributed by atoms with Gasteiger partial charge >= 0.3 is 0 Å². The van der Waals surface area contributed by atoms with Crippen LogP contribution in [0.3, 0.4) is 0 Å². The molecular formula is C13H22. The average molecular weight is 178 g/mol. The first kappa shape index (κ1) is 12.2. The van der Waals surface area contributed by atoms with Crippen molar-refractivity contribution in [3.8, 4) is 0 Å². The van der Waals surface area contributed by atoms with Gasteiger partial charge in [0.15, 0.2) is 0 Å². The van der Waals surface area contributed by atoms with Gasteiger partial charge in [0, 0.05) is 0 Å². The first-order valence-electron chi connectivity index (χ1n) is 5.15. The Kier molecular flexibility index (Phi) is 7.38. The van der Waals surface area contributed by atoms with Gasteiger partial charge < -0.3 is 0 Å². The Hall–Kier alpha value is -0.780. The maximum Gasteiger partial charge on any atom is -0.0142 e. The van der Waals surface area contributed by atoms with E-state index in [0.29, 0.717) is 0 Å². The van der Waals surface area contributed by atoms with Crippen LogP contribution in [0.4, 0.5) is 0 Å². The van der Waals surface area contributed by atoms with Crippen molar-refractivity contribution in [3.05, 3.63) is 36.0 Å². The summed E-state index contributed by atoms with van der Waals surface area (Å²) in [6.45, 7) is 10.3. The number of hydrogen-bond donors (Lipinski definition) is 0. The molecule has 0 unspecified atom stereocenters. The highest BCUT2D eigenvalue weighted by Crippen LogP contribution is 2.12. The Morgan fingerprint density at radius 2 is 2.08 bits per heavy atom. The van der Waals surface area contributed by atoms with Crippen LogP contribution in [-0.2, 0) is 0 Å². The molecule has 0 heterocycles. The van der Waals surface area contributed by atoms with Crippen molar-refractivity contribution < 1.29 is 0 Å². The largest absolute Gasteiger partial charge is 0.103 e. The predicted molar refractivity (Wildman–Crippen MR) is 61.9 cm³/mol. The zero-order chi connectivity index (χ0) is 10.1. The van der Waals surface area contributed by atoms with Crippen LogP contribution in [-0.4, -0.2) is 0 Å². The summed E-state index contributed by atoms with van der Waals surface area (Å²) in [7, 11) is 0. The van der Waals surface area contributed by atoms with Crippen molar-refractivity contribution in [1.82, 2.24) is 0 Å². The Morgan fingerprint density at radius 3 is 2.54 bits per heavy atom. The maximum atomic E-state index is 3.75. The minimum atomic E-state index is 1.04. The van der Waals surface area contributed by atoms with E-state index in [0.717, 1.165) is 6.42 Å². The van der Waals surface area contributed by atoms with Gasteiger partial charge in [0.25, 0.3) is 0 Å². The molecule has 0 aromatic heterocycles. The van der Waals surface area contributed by atoms with Crippen LogP contribution in [0, 0.1) is 0 Å². The third-order valence-corrected chi connectivity index (χ3v) is 2.33. The molecule has 0 spiro atoms. The summed E-state index contributed by atoms with van der Waals surface area (Å²) in [5.41, 5.74) is 2.99. The molecule has 74 valence electrons. The first-order valence-corrected chi connectivity index (χ1v) is 5.15. The molecule has 0 atom stereocenters. The van der Waals surface area contributed by atoms with Crippen molar-refractivity contribution >= 4 is 0 Å². The molecular weight excluding hydrogens is 156 g/mol. The highest BCUT2D eigenvalue weighted by Gasteiger charge is 1.92. The van der Waals surface area contributed by atoms with E-state index in [9.17, 15) is 0 Å². The van der Waals surface area contributed by atoms with Gasteiger partial charge in [0.2, 0.25) is 0 Å². The van der Waals surface area contributed by atoms with Gasteiger partial charge in [-0.1, -0.05) is 36.3 Å². The summed E-state index contributed by atoms with van der Waals surface area (Å²) in [4.78, 5) is 0. The fraction of sp³-hybridized carbons (Fsp3) is 0.538. The van der Waals surface area contributed by atoms with E-state index >= 15 is 0 Å². The minimum Gasteiger partial charge on any atom is -0.103 e. The zero-order valence-corrected chi connectivity index (χ0v) is 9.27. The molecule has 0 bridgehead atoms. The Labute approximate surface area is 83.0 Å². The normalized spacial score (nSPS) is 13.2. The van der Waals surface area contributed by atoms with Crippen molar-refractivity contribution in [1.29, 1.82) is 0 Å². The van der Waals surface area contributed by atoms with E-state index in [2.05, 4.69) is 39.5 Å². The van der Waals surface area contributed by atoms with E-state index in [1.807, 2.05) is 6.08 Å². The van der Waals surface area contributed by atoms with Gasteiger partial charge in [-0.2, -0.15) is 0 Å². The fourth-order valence-corrected chi connectivity index (χ4v) is 1.20. The van der Waals surface area contributed by atoms with Gasteiger partial charge in [0.1, 0.15) is 0 Å². The highest BCUT2D eigenvalue weighted by molar-refractivity contribution is 5.07. The van der Waals surface area contributed by atoms with Gasteiger partial charge in [0.05, 0.1) is 0 Å². The average Bonchev–Trinajstić information content (AvgIpc) is 2.16. The van der Waals surface area contributed by atoms with Crippen LogP contribution in [0.2, 0.25) is 0 Å². The first-order chi connectivity index (χ1) is 6.24. The van der Waals surface area contributed by atoms with E-state index in [4.69, 9.17) is 0 Å². The SMILES string of the molecule is C=CC/C(=C\C)CC/C=C(\C)CC. The molecule has 0 saturated heterocycles. The molecule has 0 saturated carbocycles. The lowest BCUT2D eigenvalue weighted by Gasteiger charge is -2.01. The maximum absolute atomic E-state index is 3.75. The number of rotatable bonds is 6. The molecule has 0 aliphatic carbocycles. The molecule has 13 heavy (non-hydrogen) atoms. The highest BCUT2D eigenvalue weighted by atomic mass is 14.0. The van der Waals surface area contributed by atoms with E-state index in [1.54, 1.807) is 0 Å². The Balaban J connectivity index is 3.80. The number of hydrogen-bond acceptors (Lipinski definition) is 0. The Morgan fingerprint density at radius 1 is 1.38 bits per heavy atom. The van der Waals surface area contributed by atoms with Gasteiger partial charge in [-0.25, -0.2) is 0 Å². The minimum absolute atomic E-state index is 1.04. The summed E-state index contributed by atoms with van der Waals surface area (Å²) in [6, 6.07) is 0. The summed E-state index contributed by atoms with van der Waals surface area (Å²) in [5.74, 6) is 0. The predicted octanol–water partition coefficient (Wildman–Crippen LogP) is 4.65. The second-order valence-electron chi connectivity index (χ2n) is 3.38. The fourth-order valence-electron chi connectivity index (χ4n) is 1.20. The van der Waals surface area contributed by atoms with Crippen molar-refractivity contribution in [3.63, 3.8) is 0 Å². The zero-order valence-electron chi connectivity index (χ0n) is 9.27. The van der Waals surface area contributed by atoms with Crippen LogP contribution in [0.1, 0.15) is 46.5 Å². The lowest BCUT2D eigenvalue weighted by atomic mass is 10.1. The summed E-state index contributed by atoms with van der Waals surface area (Å²) < 4.78 is 0. The van der Waals surface area contributed by atoms with Gasteiger partial charge in [-0.15, -0.1) is 6.58 Å². The lowest BCUT2D eigenvalue weighted by molar-refractivity contribution is 0.919. The summed E-state index contributed by atoms with van der Waals surface area (Å²) in [6.07, 6.45) is 11.1. The molecule has 0 N–H and O–H groups in total. The van der Waals surface area contributed by atoms with Crippen LogP contribution < -0.4 is 0 Å². The van der Waals surface area contributed by atoms with Crippen LogP contribution in [0.5, 0.6) is 0 Å². The van der Waals surface area contributed by atoms with Crippen LogP contribution in [0.15, 0.2) is 36.0 Å². The molecule has 0 aromatic rings. The topological polar surface area (TPSA) is 0 Å². The second kappa shape index (κ2) is 7.85.